The lowest BCUT2D eigenvalue weighted by atomic mass is 10.1. The number of nitriles is 1. The number of benzene rings is 1. The van der Waals surface area contributed by atoms with Gasteiger partial charge in [-0.15, -0.1) is 0 Å². The molecule has 102 valence electrons. The van der Waals surface area contributed by atoms with Crippen LogP contribution in [0.25, 0.3) is 0 Å². The van der Waals surface area contributed by atoms with Crippen LogP contribution in [0.4, 0.5) is 11.5 Å². The van der Waals surface area contributed by atoms with Gasteiger partial charge in [0.15, 0.2) is 0 Å². The minimum atomic E-state index is 0.558. The zero-order valence-corrected chi connectivity index (χ0v) is 13.1. The van der Waals surface area contributed by atoms with Gasteiger partial charge in [0.25, 0.3) is 0 Å². The summed E-state index contributed by atoms with van der Waals surface area (Å²) in [6.07, 6.45) is 0. The molecule has 0 saturated heterocycles. The Kier molecular flexibility index (Phi) is 4.26. The number of pyridine rings is 1. The van der Waals surface area contributed by atoms with Crippen molar-refractivity contribution >= 4 is 27.4 Å². The third-order valence-electron chi connectivity index (χ3n) is 2.87. The van der Waals surface area contributed by atoms with Gasteiger partial charge in [-0.3, -0.25) is 0 Å². The van der Waals surface area contributed by atoms with Gasteiger partial charge in [-0.25, -0.2) is 4.98 Å². The maximum Gasteiger partial charge on any atom is 0.148 e. The summed E-state index contributed by atoms with van der Waals surface area (Å²) in [7, 11) is 1.62. The highest BCUT2D eigenvalue weighted by atomic mass is 79.9. The molecule has 0 atom stereocenters. The molecule has 1 aromatic heterocycles. The van der Waals surface area contributed by atoms with Crippen LogP contribution in [0.1, 0.15) is 16.8 Å². The van der Waals surface area contributed by atoms with Crippen LogP contribution in [0.5, 0.6) is 5.75 Å². The minimum Gasteiger partial charge on any atom is -0.496 e. The van der Waals surface area contributed by atoms with Crippen LogP contribution >= 0.6 is 15.9 Å². The molecule has 1 aromatic carbocycles. The monoisotopic (exact) mass is 331 g/mol. The van der Waals surface area contributed by atoms with Gasteiger partial charge in [0.05, 0.1) is 17.1 Å². The normalized spacial score (nSPS) is 9.95. The number of anilines is 2. The number of nitrogens with one attached hydrogen (secondary N) is 1. The first kappa shape index (κ1) is 14.4. The summed E-state index contributed by atoms with van der Waals surface area (Å²) >= 11 is 3.43. The highest BCUT2D eigenvalue weighted by molar-refractivity contribution is 9.10. The maximum absolute atomic E-state index is 9.25. The Hall–Kier alpha value is -2.06. The number of halogens is 1. The average molecular weight is 332 g/mol. The number of ether oxygens (including phenoxy) is 1. The van der Waals surface area contributed by atoms with E-state index >= 15 is 0 Å². The second kappa shape index (κ2) is 5.93. The Morgan fingerprint density at radius 1 is 1.30 bits per heavy atom. The van der Waals surface area contributed by atoms with Crippen LogP contribution in [-0.4, -0.2) is 12.1 Å². The Balaban J connectivity index is 2.40. The lowest BCUT2D eigenvalue weighted by molar-refractivity contribution is 0.412. The van der Waals surface area contributed by atoms with Gasteiger partial charge in [-0.05, 0) is 59.6 Å². The largest absolute Gasteiger partial charge is 0.496 e. The third-order valence-corrected chi connectivity index (χ3v) is 3.49. The molecular weight excluding hydrogens is 318 g/mol. The predicted octanol–water partition coefficient (Wildman–Crippen LogP) is 4.08. The standard InChI is InChI=1S/C15H14BrN3O/c1-9-6-10(2)18-15(12(9)8-17)19-11-4-5-14(20-3)13(16)7-11/h4-7H,1-3H3,(H,18,19). The van der Waals surface area contributed by atoms with E-state index in [9.17, 15) is 5.26 Å². The fourth-order valence-corrected chi connectivity index (χ4v) is 2.49. The predicted molar refractivity (Wildman–Crippen MR) is 82.4 cm³/mol. The number of hydrogen-bond donors (Lipinski definition) is 1. The highest BCUT2D eigenvalue weighted by Gasteiger charge is 2.09. The number of nitrogens with zero attached hydrogens (tertiary/aromatic N) is 2. The first-order valence-electron chi connectivity index (χ1n) is 6.04. The molecular formula is C15H14BrN3O. The quantitative estimate of drug-likeness (QED) is 0.920. The molecule has 0 unspecified atom stereocenters. The summed E-state index contributed by atoms with van der Waals surface area (Å²) in [6.45, 7) is 3.81. The van der Waals surface area contributed by atoms with Gasteiger partial charge in [-0.1, -0.05) is 0 Å². The van der Waals surface area contributed by atoms with Crippen molar-refractivity contribution in [2.24, 2.45) is 0 Å². The number of aryl methyl sites for hydroxylation is 2. The molecule has 0 radical (unpaired) electrons. The van der Waals surface area contributed by atoms with Crippen molar-refractivity contribution in [1.29, 1.82) is 5.26 Å². The number of rotatable bonds is 3. The van der Waals surface area contributed by atoms with Crippen molar-refractivity contribution in [2.45, 2.75) is 13.8 Å². The lowest BCUT2D eigenvalue weighted by Gasteiger charge is -2.11. The SMILES string of the molecule is COc1ccc(Nc2nc(C)cc(C)c2C#N)cc1Br. The first-order chi connectivity index (χ1) is 9.55. The lowest BCUT2D eigenvalue weighted by Crippen LogP contribution is -2.01. The van der Waals surface area contributed by atoms with Gasteiger partial charge in [-0.2, -0.15) is 5.26 Å². The summed E-state index contributed by atoms with van der Waals surface area (Å²) in [5.41, 5.74) is 3.18. The second-order valence-corrected chi connectivity index (χ2v) is 5.24. The Labute approximate surface area is 126 Å². The topological polar surface area (TPSA) is 57.9 Å². The number of methoxy groups -OCH3 is 1. The third kappa shape index (κ3) is 2.91. The summed E-state index contributed by atoms with van der Waals surface area (Å²) in [5, 5.41) is 12.4. The Morgan fingerprint density at radius 2 is 2.05 bits per heavy atom. The van der Waals surface area contributed by atoms with E-state index in [0.29, 0.717) is 11.4 Å². The summed E-state index contributed by atoms with van der Waals surface area (Å²) < 4.78 is 6.03. The fraction of sp³-hybridized carbons (Fsp3) is 0.200. The Morgan fingerprint density at radius 3 is 2.65 bits per heavy atom. The highest BCUT2D eigenvalue weighted by Crippen LogP contribution is 2.30. The summed E-state index contributed by atoms with van der Waals surface area (Å²) in [4.78, 5) is 4.39. The molecule has 4 nitrogen and oxygen atoms in total. The molecule has 1 N–H and O–H groups in total. The average Bonchev–Trinajstić information content (AvgIpc) is 2.38. The minimum absolute atomic E-state index is 0.558. The van der Waals surface area contributed by atoms with E-state index < -0.39 is 0 Å². The van der Waals surface area contributed by atoms with Gasteiger partial charge in [0.2, 0.25) is 0 Å². The molecule has 5 heteroatoms. The first-order valence-corrected chi connectivity index (χ1v) is 6.83. The van der Waals surface area contributed by atoms with Gasteiger partial charge < -0.3 is 10.1 Å². The van der Waals surface area contributed by atoms with Gasteiger partial charge in [0, 0.05) is 11.4 Å². The number of hydrogen-bond acceptors (Lipinski definition) is 4. The van der Waals surface area contributed by atoms with E-state index in [1.165, 1.54) is 0 Å². The molecule has 0 bridgehead atoms. The van der Waals surface area contributed by atoms with Crippen LogP contribution in [0.2, 0.25) is 0 Å². The molecule has 0 aliphatic carbocycles. The van der Waals surface area contributed by atoms with Crippen LogP contribution in [0, 0.1) is 25.2 Å². The molecule has 1 heterocycles. The smallest absolute Gasteiger partial charge is 0.148 e. The summed E-state index contributed by atoms with van der Waals surface area (Å²) in [5.74, 6) is 1.33. The molecule has 2 rings (SSSR count). The second-order valence-electron chi connectivity index (χ2n) is 4.39. The van der Waals surface area contributed by atoms with E-state index in [1.807, 2.05) is 38.1 Å². The van der Waals surface area contributed by atoms with Crippen molar-refractivity contribution in [3.63, 3.8) is 0 Å². The van der Waals surface area contributed by atoms with Crippen LogP contribution < -0.4 is 10.1 Å². The zero-order chi connectivity index (χ0) is 14.7. The van der Waals surface area contributed by atoms with E-state index in [0.717, 1.165) is 27.2 Å². The fourth-order valence-electron chi connectivity index (χ4n) is 1.95. The molecule has 0 aliphatic heterocycles. The van der Waals surface area contributed by atoms with Crippen LogP contribution in [0.3, 0.4) is 0 Å². The van der Waals surface area contributed by atoms with Crippen molar-refractivity contribution in [3.05, 3.63) is 45.6 Å². The van der Waals surface area contributed by atoms with Crippen molar-refractivity contribution in [2.75, 3.05) is 12.4 Å². The van der Waals surface area contributed by atoms with Gasteiger partial charge >= 0.3 is 0 Å². The van der Waals surface area contributed by atoms with Crippen molar-refractivity contribution < 1.29 is 4.74 Å². The summed E-state index contributed by atoms with van der Waals surface area (Å²) in [6, 6.07) is 9.70. The number of aromatic nitrogens is 1. The molecule has 0 fully saturated rings. The molecule has 0 aliphatic rings. The molecule has 2 aromatic rings. The van der Waals surface area contributed by atoms with E-state index in [4.69, 9.17) is 4.74 Å². The van der Waals surface area contributed by atoms with E-state index in [-0.39, 0.29) is 0 Å². The van der Waals surface area contributed by atoms with Crippen molar-refractivity contribution in [1.82, 2.24) is 4.98 Å². The van der Waals surface area contributed by atoms with Gasteiger partial charge in [0.1, 0.15) is 17.6 Å². The van der Waals surface area contributed by atoms with Crippen LogP contribution in [0.15, 0.2) is 28.7 Å². The molecule has 20 heavy (non-hydrogen) atoms. The Bertz CT molecular complexity index is 692. The van der Waals surface area contributed by atoms with E-state index in [1.54, 1.807) is 7.11 Å². The van der Waals surface area contributed by atoms with Crippen LogP contribution in [-0.2, 0) is 0 Å². The molecule has 0 amide bonds. The molecule has 0 spiro atoms. The maximum atomic E-state index is 9.25. The zero-order valence-electron chi connectivity index (χ0n) is 11.5. The molecule has 0 saturated carbocycles. The van der Waals surface area contributed by atoms with Crippen molar-refractivity contribution in [3.8, 4) is 11.8 Å². The van der Waals surface area contributed by atoms with E-state index in [2.05, 4.69) is 32.3 Å².